The first-order valence-corrected chi connectivity index (χ1v) is 8.75. The van der Waals surface area contributed by atoms with Gasteiger partial charge in [0.25, 0.3) is 0 Å². The largest absolute Gasteiger partial charge is 0.356 e. The quantitative estimate of drug-likeness (QED) is 0.711. The third-order valence-electron chi connectivity index (χ3n) is 4.24. The van der Waals surface area contributed by atoms with Crippen molar-refractivity contribution in [3.63, 3.8) is 0 Å². The van der Waals surface area contributed by atoms with Crippen LogP contribution in [0.5, 0.6) is 0 Å². The smallest absolute Gasteiger partial charge is 0.227 e. The van der Waals surface area contributed by atoms with E-state index in [1.807, 2.05) is 36.4 Å². The van der Waals surface area contributed by atoms with Crippen LogP contribution in [0.25, 0.3) is 0 Å². The minimum atomic E-state index is -0.0479. The molecule has 24 heavy (non-hydrogen) atoms. The van der Waals surface area contributed by atoms with Gasteiger partial charge in [0, 0.05) is 13.1 Å². The molecule has 1 unspecified atom stereocenters. The summed E-state index contributed by atoms with van der Waals surface area (Å²) >= 11 is 0. The lowest BCUT2D eigenvalue weighted by Crippen LogP contribution is -2.31. The summed E-state index contributed by atoms with van der Waals surface area (Å²) < 4.78 is 0. The Bertz CT molecular complexity index is 598. The number of benzene rings is 2. The lowest BCUT2D eigenvalue weighted by Gasteiger charge is -2.18. The van der Waals surface area contributed by atoms with Gasteiger partial charge in [-0.2, -0.15) is 0 Å². The molecule has 2 aromatic rings. The van der Waals surface area contributed by atoms with Crippen LogP contribution in [0.15, 0.2) is 60.7 Å². The van der Waals surface area contributed by atoms with E-state index in [1.54, 1.807) is 0 Å². The molecule has 2 aromatic carbocycles. The molecule has 3 nitrogen and oxygen atoms in total. The number of hydrogen-bond donors (Lipinski definition) is 1. The van der Waals surface area contributed by atoms with Crippen LogP contribution in [-0.4, -0.2) is 30.9 Å². The summed E-state index contributed by atoms with van der Waals surface area (Å²) in [6, 6.07) is 20.5. The van der Waals surface area contributed by atoms with E-state index in [2.05, 4.69) is 48.5 Å². The van der Waals surface area contributed by atoms with E-state index in [9.17, 15) is 4.79 Å². The van der Waals surface area contributed by atoms with Gasteiger partial charge in [0.05, 0.1) is 5.92 Å². The molecule has 3 heteroatoms. The maximum absolute atomic E-state index is 12.4. The van der Waals surface area contributed by atoms with Crippen molar-refractivity contribution in [2.24, 2.45) is 0 Å². The standard InChI is InChI=1S/C21H28N2O/c1-3-20(19-13-8-5-9-14-19)21(24)22-15-10-16-23(2)17-18-11-6-4-7-12-18/h4-9,11-14,20H,3,10,15-17H2,1-2H3,(H,22,24). The van der Waals surface area contributed by atoms with Gasteiger partial charge in [-0.1, -0.05) is 67.6 Å². The highest BCUT2D eigenvalue weighted by atomic mass is 16.1. The van der Waals surface area contributed by atoms with Crippen molar-refractivity contribution in [2.75, 3.05) is 20.1 Å². The Morgan fingerprint density at radius 3 is 2.29 bits per heavy atom. The van der Waals surface area contributed by atoms with Gasteiger partial charge in [-0.3, -0.25) is 4.79 Å². The van der Waals surface area contributed by atoms with Crippen LogP contribution in [0.3, 0.4) is 0 Å². The highest BCUT2D eigenvalue weighted by molar-refractivity contribution is 5.83. The fourth-order valence-corrected chi connectivity index (χ4v) is 2.92. The maximum atomic E-state index is 12.4. The monoisotopic (exact) mass is 324 g/mol. The van der Waals surface area contributed by atoms with Gasteiger partial charge in [-0.25, -0.2) is 0 Å². The number of rotatable bonds is 9. The zero-order valence-electron chi connectivity index (χ0n) is 14.7. The molecule has 0 fully saturated rings. The average molecular weight is 324 g/mol. The molecule has 128 valence electrons. The van der Waals surface area contributed by atoms with Gasteiger partial charge in [-0.05, 0) is 37.6 Å². The fourth-order valence-electron chi connectivity index (χ4n) is 2.92. The Morgan fingerprint density at radius 1 is 1.04 bits per heavy atom. The lowest BCUT2D eigenvalue weighted by atomic mass is 9.96. The molecular formula is C21H28N2O. The van der Waals surface area contributed by atoms with Gasteiger partial charge in [-0.15, -0.1) is 0 Å². The molecule has 0 saturated heterocycles. The predicted octanol–water partition coefficient (Wildman–Crippen LogP) is 3.82. The number of nitrogens with one attached hydrogen (secondary N) is 1. The molecule has 1 atom stereocenters. The van der Waals surface area contributed by atoms with E-state index in [0.29, 0.717) is 0 Å². The number of hydrogen-bond acceptors (Lipinski definition) is 2. The van der Waals surface area contributed by atoms with Crippen molar-refractivity contribution in [1.82, 2.24) is 10.2 Å². The second-order valence-corrected chi connectivity index (χ2v) is 6.24. The molecule has 1 amide bonds. The zero-order valence-corrected chi connectivity index (χ0v) is 14.7. The highest BCUT2D eigenvalue weighted by Gasteiger charge is 2.17. The van der Waals surface area contributed by atoms with E-state index >= 15 is 0 Å². The second kappa shape index (κ2) is 9.89. The van der Waals surface area contributed by atoms with E-state index < -0.39 is 0 Å². The molecule has 0 aromatic heterocycles. The first-order valence-electron chi connectivity index (χ1n) is 8.75. The van der Waals surface area contributed by atoms with Crippen molar-refractivity contribution in [2.45, 2.75) is 32.2 Å². The topological polar surface area (TPSA) is 32.3 Å². The molecule has 0 radical (unpaired) electrons. The summed E-state index contributed by atoms with van der Waals surface area (Å²) in [4.78, 5) is 14.7. The first-order chi connectivity index (χ1) is 11.7. The van der Waals surface area contributed by atoms with Crippen molar-refractivity contribution >= 4 is 5.91 Å². The molecule has 0 aliphatic heterocycles. The van der Waals surface area contributed by atoms with Crippen LogP contribution in [0.1, 0.15) is 36.8 Å². The molecule has 2 rings (SSSR count). The Morgan fingerprint density at radius 2 is 1.67 bits per heavy atom. The predicted molar refractivity (Wildman–Crippen MR) is 99.9 cm³/mol. The van der Waals surface area contributed by atoms with Crippen LogP contribution >= 0.6 is 0 Å². The molecular weight excluding hydrogens is 296 g/mol. The molecule has 0 bridgehead atoms. The summed E-state index contributed by atoms with van der Waals surface area (Å²) in [6.45, 7) is 4.69. The molecule has 0 saturated carbocycles. The third kappa shape index (κ3) is 5.82. The Kier molecular flexibility index (Phi) is 7.50. The minimum absolute atomic E-state index is 0.0479. The van der Waals surface area contributed by atoms with Crippen LogP contribution in [-0.2, 0) is 11.3 Å². The summed E-state index contributed by atoms with van der Waals surface area (Å²) in [5.74, 6) is 0.0858. The van der Waals surface area contributed by atoms with Gasteiger partial charge in [0.15, 0.2) is 0 Å². The first kappa shape index (κ1) is 18.2. The summed E-state index contributed by atoms with van der Waals surface area (Å²) in [6.07, 6.45) is 1.78. The van der Waals surface area contributed by atoms with Crippen LogP contribution in [0.4, 0.5) is 0 Å². The van der Waals surface area contributed by atoms with Gasteiger partial charge >= 0.3 is 0 Å². The van der Waals surface area contributed by atoms with Gasteiger partial charge < -0.3 is 10.2 Å². The number of carbonyl (C=O) groups is 1. The third-order valence-corrected chi connectivity index (χ3v) is 4.24. The van der Waals surface area contributed by atoms with Crippen LogP contribution in [0, 0.1) is 0 Å². The second-order valence-electron chi connectivity index (χ2n) is 6.24. The molecule has 0 heterocycles. The highest BCUT2D eigenvalue weighted by Crippen LogP contribution is 2.19. The Hall–Kier alpha value is -2.13. The van der Waals surface area contributed by atoms with Crippen molar-refractivity contribution in [1.29, 1.82) is 0 Å². The van der Waals surface area contributed by atoms with Crippen LogP contribution < -0.4 is 5.32 Å². The normalized spacial score (nSPS) is 12.1. The zero-order chi connectivity index (χ0) is 17.2. The fraction of sp³-hybridized carbons (Fsp3) is 0.381. The molecule has 0 spiro atoms. The van der Waals surface area contributed by atoms with Gasteiger partial charge in [0.1, 0.15) is 0 Å². The summed E-state index contributed by atoms with van der Waals surface area (Å²) in [7, 11) is 2.12. The van der Waals surface area contributed by atoms with Gasteiger partial charge in [0.2, 0.25) is 5.91 Å². The number of carbonyl (C=O) groups excluding carboxylic acids is 1. The SMILES string of the molecule is CCC(C(=O)NCCCN(C)Cc1ccccc1)c1ccccc1. The maximum Gasteiger partial charge on any atom is 0.227 e. The average Bonchev–Trinajstić information content (AvgIpc) is 2.61. The van der Waals surface area contributed by atoms with Crippen molar-refractivity contribution in [3.8, 4) is 0 Å². The van der Waals surface area contributed by atoms with Crippen LogP contribution in [0.2, 0.25) is 0 Å². The Balaban J connectivity index is 1.70. The van der Waals surface area contributed by atoms with E-state index in [1.165, 1.54) is 5.56 Å². The van der Waals surface area contributed by atoms with Crippen molar-refractivity contribution < 1.29 is 4.79 Å². The number of nitrogens with zero attached hydrogens (tertiary/aromatic N) is 1. The lowest BCUT2D eigenvalue weighted by molar-refractivity contribution is -0.122. The van der Waals surface area contributed by atoms with Crippen molar-refractivity contribution in [3.05, 3.63) is 71.8 Å². The summed E-state index contributed by atoms with van der Waals surface area (Å²) in [5.41, 5.74) is 2.41. The molecule has 0 aliphatic rings. The van der Waals surface area contributed by atoms with E-state index in [4.69, 9.17) is 0 Å². The Labute approximate surface area is 145 Å². The van der Waals surface area contributed by atoms with E-state index in [-0.39, 0.29) is 11.8 Å². The van der Waals surface area contributed by atoms with E-state index in [0.717, 1.165) is 38.0 Å². The minimum Gasteiger partial charge on any atom is -0.356 e. The molecule has 1 N–H and O–H groups in total. The summed E-state index contributed by atoms with van der Waals surface area (Å²) in [5, 5.41) is 3.09. The molecule has 0 aliphatic carbocycles. The number of amides is 1.